The normalized spacial score (nSPS) is 23.7. The lowest BCUT2D eigenvalue weighted by atomic mass is 9.83. The molecule has 1 heterocycles. The Morgan fingerprint density at radius 3 is 2.00 bits per heavy atom. The molecule has 1 saturated heterocycles. The highest BCUT2D eigenvalue weighted by atomic mass is 19.4. The van der Waals surface area contributed by atoms with E-state index in [1.54, 1.807) is 6.07 Å². The van der Waals surface area contributed by atoms with Crippen LogP contribution in [-0.4, -0.2) is 17.6 Å². The molecule has 2 unspecified atom stereocenters. The molecule has 0 bridgehead atoms. The molecular weight excluding hydrogens is 329 g/mol. The van der Waals surface area contributed by atoms with Crippen molar-refractivity contribution in [3.05, 3.63) is 35.9 Å². The summed E-state index contributed by atoms with van der Waals surface area (Å²) in [6.07, 6.45) is -1.15. The summed E-state index contributed by atoms with van der Waals surface area (Å²) in [6.45, 7) is 10.7. The fraction of sp³-hybridized carbons (Fsp3) is 0.632. The first-order valence-electron chi connectivity index (χ1n) is 8.60. The van der Waals surface area contributed by atoms with Gasteiger partial charge in [0.05, 0.1) is 17.3 Å². The van der Waals surface area contributed by atoms with Crippen molar-refractivity contribution in [2.24, 2.45) is 5.41 Å². The molecule has 25 heavy (non-hydrogen) atoms. The molecule has 142 valence electrons. The van der Waals surface area contributed by atoms with Crippen molar-refractivity contribution < 1.29 is 18.0 Å². The van der Waals surface area contributed by atoms with E-state index in [4.69, 9.17) is 0 Å². The van der Waals surface area contributed by atoms with Gasteiger partial charge in [-0.25, -0.2) is 0 Å². The van der Waals surface area contributed by atoms with E-state index < -0.39 is 11.7 Å². The van der Waals surface area contributed by atoms with Crippen LogP contribution >= 0.6 is 0 Å². The largest absolute Gasteiger partial charge is 0.416 e. The molecule has 2 N–H and O–H groups in total. The summed E-state index contributed by atoms with van der Waals surface area (Å²) in [5.74, 6) is 0.132. The van der Waals surface area contributed by atoms with Crippen molar-refractivity contribution >= 4 is 5.91 Å². The summed E-state index contributed by atoms with van der Waals surface area (Å²) < 4.78 is 35.4. The quantitative estimate of drug-likeness (QED) is 0.820. The van der Waals surface area contributed by atoms with E-state index in [2.05, 4.69) is 38.3 Å². The molecule has 1 amide bonds. The molecule has 1 aromatic rings. The molecule has 1 aromatic carbocycles. The predicted octanol–water partition coefficient (Wildman–Crippen LogP) is 4.73. The van der Waals surface area contributed by atoms with Gasteiger partial charge in [0.1, 0.15) is 0 Å². The third-order valence-electron chi connectivity index (χ3n) is 3.86. The van der Waals surface area contributed by atoms with E-state index in [0.29, 0.717) is 0 Å². The van der Waals surface area contributed by atoms with Gasteiger partial charge in [-0.1, -0.05) is 64.4 Å². The molecule has 6 heteroatoms. The average Bonchev–Trinajstić information content (AvgIpc) is 2.72. The van der Waals surface area contributed by atoms with Crippen molar-refractivity contribution in [1.29, 1.82) is 0 Å². The smallest absolute Gasteiger partial charge is 0.337 e. The Kier molecular flexibility index (Phi) is 7.06. The molecule has 1 aliphatic rings. The third kappa shape index (κ3) is 7.06. The van der Waals surface area contributed by atoms with Gasteiger partial charge in [0.25, 0.3) is 0 Å². The van der Waals surface area contributed by atoms with E-state index in [-0.39, 0.29) is 23.0 Å². The number of carbonyl (C=O) groups is 1. The lowest BCUT2D eigenvalue weighted by molar-refractivity contribution is -0.137. The Morgan fingerprint density at radius 1 is 1.12 bits per heavy atom. The van der Waals surface area contributed by atoms with Crippen LogP contribution in [0.1, 0.15) is 59.4 Å². The first kappa shape index (κ1) is 21.5. The summed E-state index contributed by atoms with van der Waals surface area (Å²) >= 11 is 0. The molecule has 1 aliphatic heterocycles. The zero-order valence-electron chi connectivity index (χ0n) is 15.6. The van der Waals surface area contributed by atoms with Gasteiger partial charge in [0.2, 0.25) is 5.91 Å². The van der Waals surface area contributed by atoms with Gasteiger partial charge in [0, 0.05) is 0 Å². The van der Waals surface area contributed by atoms with Crippen LogP contribution in [0.2, 0.25) is 0 Å². The van der Waals surface area contributed by atoms with Gasteiger partial charge >= 0.3 is 6.18 Å². The number of alkyl halides is 3. The Balaban J connectivity index is 0.000000271. The highest BCUT2D eigenvalue weighted by molar-refractivity contribution is 5.84. The highest BCUT2D eigenvalue weighted by Crippen LogP contribution is 2.31. The maximum absolute atomic E-state index is 11.8. The molecule has 2 rings (SSSR count). The summed E-state index contributed by atoms with van der Waals surface area (Å²) in [5, 5.41) is 6.54. The summed E-state index contributed by atoms with van der Waals surface area (Å²) in [5.41, 5.74) is -0.557. The van der Waals surface area contributed by atoms with Crippen molar-refractivity contribution in [3.8, 4) is 0 Å². The second-order valence-corrected chi connectivity index (χ2v) is 7.79. The van der Waals surface area contributed by atoms with E-state index in [1.807, 2.05) is 6.92 Å². The van der Waals surface area contributed by atoms with Crippen molar-refractivity contribution in [2.45, 2.75) is 71.8 Å². The predicted molar refractivity (Wildman–Crippen MR) is 93.9 cm³/mol. The summed E-state index contributed by atoms with van der Waals surface area (Å²) in [7, 11) is 0. The first-order valence-corrected chi connectivity index (χ1v) is 8.60. The monoisotopic (exact) mass is 358 g/mol. The van der Waals surface area contributed by atoms with E-state index in [1.165, 1.54) is 12.1 Å². The van der Waals surface area contributed by atoms with Gasteiger partial charge in [0.15, 0.2) is 0 Å². The van der Waals surface area contributed by atoms with Gasteiger partial charge < -0.3 is 5.32 Å². The second-order valence-electron chi connectivity index (χ2n) is 7.79. The molecule has 0 saturated carbocycles. The van der Waals surface area contributed by atoms with Crippen LogP contribution < -0.4 is 10.6 Å². The zero-order chi connectivity index (χ0) is 19.3. The van der Waals surface area contributed by atoms with Crippen molar-refractivity contribution in [2.75, 3.05) is 0 Å². The van der Waals surface area contributed by atoms with Crippen molar-refractivity contribution in [3.63, 3.8) is 0 Å². The number of hydrogen-bond acceptors (Lipinski definition) is 2. The third-order valence-corrected chi connectivity index (χ3v) is 3.86. The molecule has 0 spiro atoms. The molecule has 3 nitrogen and oxygen atoms in total. The molecule has 0 aliphatic carbocycles. The van der Waals surface area contributed by atoms with Gasteiger partial charge in [-0.05, 0) is 25.2 Å². The van der Waals surface area contributed by atoms with Crippen LogP contribution in [0.5, 0.6) is 0 Å². The summed E-state index contributed by atoms with van der Waals surface area (Å²) in [6, 6.07) is 6.31. The van der Waals surface area contributed by atoms with E-state index in [0.717, 1.165) is 31.4 Å². The number of carbonyl (C=O) groups excluding carboxylic acids is 1. The first-order chi connectivity index (χ1) is 11.4. The molecule has 0 aromatic heterocycles. The summed E-state index contributed by atoms with van der Waals surface area (Å²) in [4.78, 5) is 11.6. The van der Waals surface area contributed by atoms with Crippen LogP contribution in [0.4, 0.5) is 13.2 Å². The second kappa shape index (κ2) is 8.21. The number of amides is 1. The Bertz CT molecular complexity index is 552. The number of rotatable bonds is 3. The highest BCUT2D eigenvalue weighted by Gasteiger charge is 2.42. The van der Waals surface area contributed by atoms with Crippen LogP contribution in [0.25, 0.3) is 0 Å². The van der Waals surface area contributed by atoms with Crippen LogP contribution in [0.3, 0.4) is 0 Å². The number of benzene rings is 1. The van der Waals surface area contributed by atoms with Gasteiger partial charge in [-0.2, -0.15) is 13.2 Å². The van der Waals surface area contributed by atoms with Crippen molar-refractivity contribution in [1.82, 2.24) is 10.6 Å². The van der Waals surface area contributed by atoms with Crippen LogP contribution in [0, 0.1) is 5.41 Å². The molecule has 0 radical (unpaired) electrons. The Labute approximate surface area is 148 Å². The minimum absolute atomic E-state index is 0.0566. The minimum Gasteiger partial charge on any atom is -0.337 e. The standard InChI is InChI=1S/C12H24N2O.C7H5F3/c1-6-7-12(8-11(3,4)5)13-9(2)10(15)14-12;8-7(9,10)6-4-2-1-3-5-6/h9,13H,6-8H2,1-5H3,(H,14,15);1-5H. The van der Waals surface area contributed by atoms with E-state index >= 15 is 0 Å². The Hall–Kier alpha value is -1.56. The maximum Gasteiger partial charge on any atom is 0.416 e. The lowest BCUT2D eigenvalue weighted by Gasteiger charge is -2.35. The maximum atomic E-state index is 11.8. The Morgan fingerprint density at radius 2 is 1.68 bits per heavy atom. The number of hydrogen-bond donors (Lipinski definition) is 2. The fourth-order valence-electron chi connectivity index (χ4n) is 3.14. The fourth-order valence-corrected chi connectivity index (χ4v) is 3.14. The van der Waals surface area contributed by atoms with Gasteiger partial charge in [-0.3, -0.25) is 10.1 Å². The number of halogens is 3. The molecular formula is C19H29F3N2O. The van der Waals surface area contributed by atoms with Gasteiger partial charge in [-0.15, -0.1) is 0 Å². The average molecular weight is 358 g/mol. The van der Waals surface area contributed by atoms with E-state index in [9.17, 15) is 18.0 Å². The topological polar surface area (TPSA) is 41.1 Å². The van der Waals surface area contributed by atoms with Crippen LogP contribution in [-0.2, 0) is 11.0 Å². The minimum atomic E-state index is -4.21. The molecule has 2 atom stereocenters. The number of nitrogens with one attached hydrogen (secondary N) is 2. The van der Waals surface area contributed by atoms with Crippen LogP contribution in [0.15, 0.2) is 30.3 Å². The lowest BCUT2D eigenvalue weighted by Crippen LogP contribution is -2.52. The zero-order valence-corrected chi connectivity index (χ0v) is 15.6. The SMILES string of the molecule is CCCC1(CC(C)(C)C)NC(=O)C(C)N1.FC(F)(F)c1ccccc1. The molecule has 1 fully saturated rings.